The van der Waals surface area contributed by atoms with Gasteiger partial charge < -0.3 is 15.1 Å². The number of aliphatic hydroxyl groups is 1. The summed E-state index contributed by atoms with van der Waals surface area (Å²) in [5.74, 6) is 0. The van der Waals surface area contributed by atoms with Crippen LogP contribution in [0.1, 0.15) is 25.5 Å². The molecule has 0 aromatic heterocycles. The van der Waals surface area contributed by atoms with Gasteiger partial charge in [-0.25, -0.2) is 4.79 Å². The molecule has 1 aromatic carbocycles. The largest absolute Gasteiger partial charge is 0.465 e. The van der Waals surface area contributed by atoms with Crippen molar-refractivity contribution in [1.29, 1.82) is 0 Å². The first-order chi connectivity index (χ1) is 9.50. The fraction of sp³-hybridized carbons (Fsp3) is 0.533. The summed E-state index contributed by atoms with van der Waals surface area (Å²) in [5, 5.41) is 19.2. The molecule has 5 nitrogen and oxygen atoms in total. The molecule has 2 N–H and O–H groups in total. The molecule has 0 radical (unpaired) electrons. The summed E-state index contributed by atoms with van der Waals surface area (Å²) in [7, 11) is 0. The smallest absolute Gasteiger partial charge is 0.407 e. The normalized spacial score (nSPS) is 23.4. The zero-order valence-electron chi connectivity index (χ0n) is 11.9. The Labute approximate surface area is 119 Å². The number of hydrogen-bond donors (Lipinski definition) is 2. The molecule has 1 aliphatic heterocycles. The minimum absolute atomic E-state index is 0.0637. The van der Waals surface area contributed by atoms with Crippen LogP contribution in [0.2, 0.25) is 0 Å². The topological polar surface area (TPSA) is 64.0 Å². The molecule has 1 aliphatic rings. The zero-order valence-corrected chi connectivity index (χ0v) is 11.9. The van der Waals surface area contributed by atoms with E-state index in [1.54, 1.807) is 6.92 Å². The minimum Gasteiger partial charge on any atom is -0.465 e. The van der Waals surface area contributed by atoms with Gasteiger partial charge in [-0.05, 0) is 19.4 Å². The predicted molar refractivity (Wildman–Crippen MR) is 76.6 cm³/mol. The third kappa shape index (κ3) is 3.11. The maximum Gasteiger partial charge on any atom is 0.407 e. The number of aliphatic hydroxyl groups excluding tert-OH is 1. The summed E-state index contributed by atoms with van der Waals surface area (Å²) in [6, 6.07) is 9.73. The SMILES string of the molecule is CC(O)[C@H](c1ccccc1)N1CCN(C(=O)O)[C@H](C)C1. The Bertz CT molecular complexity index is 450. The summed E-state index contributed by atoms with van der Waals surface area (Å²) in [6.07, 6.45) is -1.37. The fourth-order valence-corrected chi connectivity index (χ4v) is 2.97. The first-order valence-corrected chi connectivity index (χ1v) is 6.97. The standard InChI is InChI=1S/C15H22N2O3/c1-11-10-16(8-9-17(11)15(19)20)14(12(2)18)13-6-4-3-5-7-13/h3-7,11-12,14,18H,8-10H2,1-2H3,(H,19,20)/t11-,12?,14-/m1/s1. The van der Waals surface area contributed by atoms with Gasteiger partial charge in [-0.3, -0.25) is 4.90 Å². The second-order valence-electron chi connectivity index (χ2n) is 5.42. The maximum absolute atomic E-state index is 11.1. The molecule has 20 heavy (non-hydrogen) atoms. The predicted octanol–water partition coefficient (Wildman–Crippen LogP) is 1.79. The van der Waals surface area contributed by atoms with Gasteiger partial charge in [0.25, 0.3) is 0 Å². The molecule has 1 fully saturated rings. The van der Waals surface area contributed by atoms with Gasteiger partial charge in [-0.1, -0.05) is 30.3 Å². The Kier molecular flexibility index (Phi) is 4.62. The van der Waals surface area contributed by atoms with E-state index in [2.05, 4.69) is 4.90 Å². The summed E-state index contributed by atoms with van der Waals surface area (Å²) in [5.41, 5.74) is 1.07. The molecular weight excluding hydrogens is 256 g/mol. The number of benzene rings is 1. The molecule has 5 heteroatoms. The van der Waals surface area contributed by atoms with E-state index in [9.17, 15) is 9.90 Å². The Morgan fingerprint density at radius 2 is 1.95 bits per heavy atom. The second kappa shape index (κ2) is 6.24. The van der Waals surface area contributed by atoms with Crippen molar-refractivity contribution in [3.05, 3.63) is 35.9 Å². The van der Waals surface area contributed by atoms with Gasteiger partial charge in [0, 0.05) is 25.7 Å². The van der Waals surface area contributed by atoms with Crippen molar-refractivity contribution >= 4 is 6.09 Å². The number of carbonyl (C=O) groups is 1. The van der Waals surface area contributed by atoms with Crippen molar-refractivity contribution in [2.75, 3.05) is 19.6 Å². The van der Waals surface area contributed by atoms with E-state index in [0.717, 1.165) is 5.56 Å². The van der Waals surface area contributed by atoms with Gasteiger partial charge in [0.05, 0.1) is 12.1 Å². The third-order valence-electron chi connectivity index (χ3n) is 3.90. The van der Waals surface area contributed by atoms with Crippen LogP contribution in [-0.4, -0.2) is 57.9 Å². The summed E-state index contributed by atoms with van der Waals surface area (Å²) >= 11 is 0. The second-order valence-corrected chi connectivity index (χ2v) is 5.42. The Balaban J connectivity index is 2.15. The van der Waals surface area contributed by atoms with Crippen LogP contribution in [0.5, 0.6) is 0 Å². The van der Waals surface area contributed by atoms with E-state index >= 15 is 0 Å². The molecule has 2 rings (SSSR count). The van der Waals surface area contributed by atoms with Gasteiger partial charge in [-0.2, -0.15) is 0 Å². The summed E-state index contributed by atoms with van der Waals surface area (Å²) in [6.45, 7) is 5.45. The summed E-state index contributed by atoms with van der Waals surface area (Å²) in [4.78, 5) is 14.7. The highest BCUT2D eigenvalue weighted by Crippen LogP contribution is 2.27. The molecule has 1 saturated heterocycles. The number of hydrogen-bond acceptors (Lipinski definition) is 3. The number of carboxylic acid groups (broad SMARTS) is 1. The zero-order chi connectivity index (χ0) is 14.7. The van der Waals surface area contributed by atoms with Crippen molar-refractivity contribution in [2.45, 2.75) is 32.0 Å². The van der Waals surface area contributed by atoms with Gasteiger partial charge >= 0.3 is 6.09 Å². The lowest BCUT2D eigenvalue weighted by atomic mass is 9.99. The highest BCUT2D eigenvalue weighted by Gasteiger charge is 2.33. The number of nitrogens with zero attached hydrogens (tertiary/aromatic N) is 2. The molecule has 1 amide bonds. The highest BCUT2D eigenvalue weighted by molar-refractivity contribution is 5.65. The van der Waals surface area contributed by atoms with Crippen LogP contribution in [-0.2, 0) is 0 Å². The quantitative estimate of drug-likeness (QED) is 0.885. The van der Waals surface area contributed by atoms with Crippen molar-refractivity contribution in [2.24, 2.45) is 0 Å². The molecule has 0 saturated carbocycles. The van der Waals surface area contributed by atoms with E-state index in [4.69, 9.17) is 5.11 Å². The molecule has 1 heterocycles. The van der Waals surface area contributed by atoms with Crippen LogP contribution >= 0.6 is 0 Å². The van der Waals surface area contributed by atoms with E-state index in [1.165, 1.54) is 4.90 Å². The number of piperazine rings is 1. The van der Waals surface area contributed by atoms with E-state index in [1.807, 2.05) is 37.3 Å². The van der Waals surface area contributed by atoms with Crippen LogP contribution in [0.25, 0.3) is 0 Å². The maximum atomic E-state index is 11.1. The van der Waals surface area contributed by atoms with E-state index in [-0.39, 0.29) is 12.1 Å². The fourth-order valence-electron chi connectivity index (χ4n) is 2.97. The van der Waals surface area contributed by atoms with E-state index in [0.29, 0.717) is 19.6 Å². The molecule has 110 valence electrons. The Hall–Kier alpha value is -1.59. The van der Waals surface area contributed by atoms with Crippen LogP contribution in [0.15, 0.2) is 30.3 Å². The molecular formula is C15H22N2O3. The highest BCUT2D eigenvalue weighted by atomic mass is 16.4. The third-order valence-corrected chi connectivity index (χ3v) is 3.90. The average molecular weight is 278 g/mol. The minimum atomic E-state index is -0.870. The molecule has 0 spiro atoms. The summed E-state index contributed by atoms with van der Waals surface area (Å²) < 4.78 is 0. The first kappa shape index (κ1) is 14.8. The first-order valence-electron chi connectivity index (χ1n) is 6.97. The average Bonchev–Trinajstić information content (AvgIpc) is 2.39. The van der Waals surface area contributed by atoms with E-state index < -0.39 is 12.2 Å². The van der Waals surface area contributed by atoms with Gasteiger partial charge in [-0.15, -0.1) is 0 Å². The Morgan fingerprint density at radius 1 is 1.30 bits per heavy atom. The van der Waals surface area contributed by atoms with Crippen molar-refractivity contribution in [1.82, 2.24) is 9.80 Å². The molecule has 0 aliphatic carbocycles. The van der Waals surface area contributed by atoms with Crippen LogP contribution < -0.4 is 0 Å². The van der Waals surface area contributed by atoms with Crippen molar-refractivity contribution in [3.63, 3.8) is 0 Å². The lowest BCUT2D eigenvalue weighted by molar-refractivity contribution is 0.00915. The Morgan fingerprint density at radius 3 is 2.45 bits per heavy atom. The monoisotopic (exact) mass is 278 g/mol. The molecule has 0 bridgehead atoms. The molecule has 1 aromatic rings. The molecule has 3 atom stereocenters. The number of rotatable bonds is 3. The molecule has 1 unspecified atom stereocenters. The lowest BCUT2D eigenvalue weighted by Gasteiger charge is -2.43. The van der Waals surface area contributed by atoms with Crippen molar-refractivity contribution in [3.8, 4) is 0 Å². The van der Waals surface area contributed by atoms with Gasteiger partial charge in [0.1, 0.15) is 0 Å². The number of amides is 1. The van der Waals surface area contributed by atoms with Crippen LogP contribution in [0.4, 0.5) is 4.79 Å². The van der Waals surface area contributed by atoms with Crippen molar-refractivity contribution < 1.29 is 15.0 Å². The van der Waals surface area contributed by atoms with Crippen LogP contribution in [0.3, 0.4) is 0 Å². The lowest BCUT2D eigenvalue weighted by Crippen LogP contribution is -2.55. The van der Waals surface area contributed by atoms with Gasteiger partial charge in [0.2, 0.25) is 0 Å². The van der Waals surface area contributed by atoms with Gasteiger partial charge in [0.15, 0.2) is 0 Å². The van der Waals surface area contributed by atoms with Crippen LogP contribution in [0, 0.1) is 0 Å².